The minimum atomic E-state index is -0.223. The Hall–Kier alpha value is -1.46. The van der Waals surface area contributed by atoms with Crippen molar-refractivity contribution in [2.45, 2.75) is 44.8 Å². The number of benzene rings is 1. The van der Waals surface area contributed by atoms with E-state index in [0.717, 1.165) is 25.3 Å². The van der Waals surface area contributed by atoms with Gasteiger partial charge in [0.25, 0.3) is 0 Å². The molecule has 1 aromatic carbocycles. The first-order valence-electron chi connectivity index (χ1n) is 8.97. The quantitative estimate of drug-likeness (QED) is 0.868. The van der Waals surface area contributed by atoms with Crippen molar-refractivity contribution < 1.29 is 13.9 Å². The van der Waals surface area contributed by atoms with Crippen LogP contribution in [0.25, 0.3) is 0 Å². The Bertz CT molecular complexity index is 566. The van der Waals surface area contributed by atoms with Gasteiger partial charge in [-0.15, -0.1) is 0 Å². The molecular formula is C19H27FN2O2. The number of hydrogen-bond donors (Lipinski definition) is 1. The Labute approximate surface area is 143 Å². The largest absolute Gasteiger partial charge is 0.373 e. The lowest BCUT2D eigenvalue weighted by atomic mass is 9.97. The van der Waals surface area contributed by atoms with Crippen LogP contribution in [0.3, 0.4) is 0 Å². The molecule has 4 nitrogen and oxygen atoms in total. The molecule has 0 bridgehead atoms. The normalized spacial score (nSPS) is 25.2. The Morgan fingerprint density at radius 1 is 1.50 bits per heavy atom. The van der Waals surface area contributed by atoms with Gasteiger partial charge >= 0.3 is 0 Å². The summed E-state index contributed by atoms with van der Waals surface area (Å²) in [6.45, 7) is 5.47. The van der Waals surface area contributed by atoms with Crippen LogP contribution >= 0.6 is 0 Å². The molecule has 2 fully saturated rings. The fraction of sp³-hybridized carbons (Fsp3) is 0.632. The molecule has 0 spiro atoms. The standard InChI is InChI=1S/C19H27FN2O2/c1-14(8-15-4-2-5-16(20)10-15)9-19(23)21-11-18-12-22-7-3-6-17(22)13-24-18/h2,4-5,10,14,17-18H,3,6-9,11-13H2,1H3,(H,21,23)/t14-,17-,18+/m0/s1. The number of fused-ring (bicyclic) bond motifs is 1. The summed E-state index contributed by atoms with van der Waals surface area (Å²) in [4.78, 5) is 14.6. The molecule has 3 atom stereocenters. The molecule has 1 N–H and O–H groups in total. The van der Waals surface area contributed by atoms with Gasteiger partial charge in [-0.25, -0.2) is 4.39 Å². The van der Waals surface area contributed by atoms with E-state index in [4.69, 9.17) is 4.74 Å². The molecule has 0 aliphatic carbocycles. The molecule has 2 aliphatic rings. The van der Waals surface area contributed by atoms with E-state index in [1.165, 1.54) is 25.0 Å². The second kappa shape index (κ2) is 8.08. The summed E-state index contributed by atoms with van der Waals surface area (Å²) in [6.07, 6.45) is 3.75. The summed E-state index contributed by atoms with van der Waals surface area (Å²) in [6, 6.07) is 7.18. The van der Waals surface area contributed by atoms with Crippen LogP contribution in [-0.2, 0) is 16.0 Å². The molecule has 3 rings (SSSR count). The van der Waals surface area contributed by atoms with Gasteiger partial charge in [-0.2, -0.15) is 0 Å². The van der Waals surface area contributed by atoms with E-state index in [2.05, 4.69) is 10.2 Å². The maximum atomic E-state index is 13.2. The Morgan fingerprint density at radius 3 is 3.21 bits per heavy atom. The van der Waals surface area contributed by atoms with Gasteiger partial charge in [0.1, 0.15) is 5.82 Å². The maximum absolute atomic E-state index is 13.2. The molecule has 1 amide bonds. The van der Waals surface area contributed by atoms with Gasteiger partial charge in [-0.1, -0.05) is 19.1 Å². The summed E-state index contributed by atoms with van der Waals surface area (Å²) in [5, 5.41) is 3.00. The van der Waals surface area contributed by atoms with Crippen LogP contribution in [0.1, 0.15) is 31.7 Å². The summed E-state index contributed by atoms with van der Waals surface area (Å²) in [5.41, 5.74) is 0.936. The lowest BCUT2D eigenvalue weighted by molar-refractivity contribution is -0.123. The highest BCUT2D eigenvalue weighted by Gasteiger charge is 2.32. The third kappa shape index (κ3) is 4.77. The van der Waals surface area contributed by atoms with E-state index >= 15 is 0 Å². The van der Waals surface area contributed by atoms with Crippen LogP contribution in [-0.4, -0.2) is 49.2 Å². The maximum Gasteiger partial charge on any atom is 0.220 e. The average molecular weight is 334 g/mol. The number of nitrogens with one attached hydrogen (secondary N) is 1. The number of ether oxygens (including phenoxy) is 1. The van der Waals surface area contributed by atoms with E-state index in [1.807, 2.05) is 13.0 Å². The number of rotatable bonds is 6. The first-order valence-corrected chi connectivity index (χ1v) is 8.97. The van der Waals surface area contributed by atoms with Crippen LogP contribution in [0.5, 0.6) is 0 Å². The van der Waals surface area contributed by atoms with E-state index in [-0.39, 0.29) is 23.7 Å². The average Bonchev–Trinajstić information content (AvgIpc) is 3.00. The third-order valence-electron chi connectivity index (χ3n) is 5.00. The van der Waals surface area contributed by atoms with Crippen LogP contribution in [0, 0.1) is 11.7 Å². The van der Waals surface area contributed by atoms with Crippen molar-refractivity contribution in [2.75, 3.05) is 26.2 Å². The highest BCUT2D eigenvalue weighted by Crippen LogP contribution is 2.22. The van der Waals surface area contributed by atoms with E-state index < -0.39 is 0 Å². The first-order chi connectivity index (χ1) is 11.6. The molecule has 2 aliphatic heterocycles. The van der Waals surface area contributed by atoms with Crippen molar-refractivity contribution in [3.05, 3.63) is 35.6 Å². The smallest absolute Gasteiger partial charge is 0.220 e. The number of morpholine rings is 1. The summed E-state index contributed by atoms with van der Waals surface area (Å²) >= 11 is 0. The number of amides is 1. The predicted octanol–water partition coefficient (Wildman–Crippen LogP) is 2.37. The highest BCUT2D eigenvalue weighted by atomic mass is 19.1. The topological polar surface area (TPSA) is 41.6 Å². The van der Waals surface area contributed by atoms with E-state index in [9.17, 15) is 9.18 Å². The van der Waals surface area contributed by atoms with Gasteiger partial charge in [0.15, 0.2) is 0 Å². The highest BCUT2D eigenvalue weighted by molar-refractivity contribution is 5.76. The molecule has 2 heterocycles. The Balaban J connectivity index is 1.37. The molecule has 0 saturated carbocycles. The number of carbonyl (C=O) groups excluding carboxylic acids is 1. The van der Waals surface area contributed by atoms with Crippen LogP contribution in [0.15, 0.2) is 24.3 Å². The zero-order chi connectivity index (χ0) is 16.9. The molecule has 5 heteroatoms. The molecular weight excluding hydrogens is 307 g/mol. The van der Waals surface area contributed by atoms with Gasteiger partial charge < -0.3 is 10.1 Å². The number of nitrogens with zero attached hydrogens (tertiary/aromatic N) is 1. The number of carbonyl (C=O) groups is 1. The molecule has 0 unspecified atom stereocenters. The van der Waals surface area contributed by atoms with Crippen LogP contribution < -0.4 is 5.32 Å². The van der Waals surface area contributed by atoms with E-state index in [1.54, 1.807) is 6.07 Å². The van der Waals surface area contributed by atoms with Crippen molar-refractivity contribution in [1.29, 1.82) is 0 Å². The predicted molar refractivity (Wildman–Crippen MR) is 91.2 cm³/mol. The van der Waals surface area contributed by atoms with Gasteiger partial charge in [0.2, 0.25) is 5.91 Å². The lowest BCUT2D eigenvalue weighted by Gasteiger charge is -2.35. The second-order valence-corrected chi connectivity index (χ2v) is 7.19. The minimum absolute atomic E-state index is 0.0473. The van der Waals surface area contributed by atoms with Crippen molar-refractivity contribution >= 4 is 5.91 Å². The number of hydrogen-bond acceptors (Lipinski definition) is 3. The fourth-order valence-corrected chi connectivity index (χ4v) is 3.76. The van der Waals surface area contributed by atoms with Crippen molar-refractivity contribution in [3.63, 3.8) is 0 Å². The monoisotopic (exact) mass is 334 g/mol. The molecule has 2 saturated heterocycles. The second-order valence-electron chi connectivity index (χ2n) is 7.19. The van der Waals surface area contributed by atoms with Crippen LogP contribution in [0.4, 0.5) is 4.39 Å². The first kappa shape index (κ1) is 17.4. The molecule has 132 valence electrons. The Morgan fingerprint density at radius 2 is 2.38 bits per heavy atom. The Kier molecular flexibility index (Phi) is 5.85. The van der Waals surface area contributed by atoms with Crippen molar-refractivity contribution in [1.82, 2.24) is 10.2 Å². The van der Waals surface area contributed by atoms with Crippen molar-refractivity contribution in [2.24, 2.45) is 5.92 Å². The molecule has 0 radical (unpaired) electrons. The molecule has 1 aromatic rings. The third-order valence-corrected chi connectivity index (χ3v) is 5.00. The number of halogens is 1. The van der Waals surface area contributed by atoms with Gasteiger partial charge in [0, 0.05) is 25.6 Å². The SMILES string of the molecule is C[C@H](CC(=O)NC[C@@H]1CN2CCC[C@H]2CO1)Cc1cccc(F)c1. The van der Waals surface area contributed by atoms with Gasteiger partial charge in [-0.3, -0.25) is 9.69 Å². The molecule has 0 aromatic heterocycles. The van der Waals surface area contributed by atoms with Crippen molar-refractivity contribution in [3.8, 4) is 0 Å². The van der Waals surface area contributed by atoms with E-state index in [0.29, 0.717) is 25.4 Å². The summed E-state index contributed by atoms with van der Waals surface area (Å²) in [7, 11) is 0. The zero-order valence-corrected chi connectivity index (χ0v) is 14.3. The molecule has 24 heavy (non-hydrogen) atoms. The van der Waals surface area contributed by atoms with Crippen LogP contribution in [0.2, 0.25) is 0 Å². The minimum Gasteiger partial charge on any atom is -0.373 e. The zero-order valence-electron chi connectivity index (χ0n) is 14.3. The fourth-order valence-electron chi connectivity index (χ4n) is 3.76. The lowest BCUT2D eigenvalue weighted by Crippen LogP contribution is -2.50. The summed E-state index contributed by atoms with van der Waals surface area (Å²) in [5.74, 6) is 0.00639. The van der Waals surface area contributed by atoms with Gasteiger partial charge in [-0.05, 0) is 49.4 Å². The summed E-state index contributed by atoms with van der Waals surface area (Å²) < 4.78 is 19.1. The van der Waals surface area contributed by atoms with Gasteiger partial charge in [0.05, 0.1) is 12.7 Å².